The molecule has 0 fully saturated rings. The third-order valence-electron chi connectivity index (χ3n) is 4.40. The lowest BCUT2D eigenvalue weighted by Crippen LogP contribution is -2.24. The van der Waals surface area contributed by atoms with E-state index < -0.39 is 5.91 Å². The zero-order valence-corrected chi connectivity index (χ0v) is 18.9. The molecule has 0 aliphatic rings. The second kappa shape index (κ2) is 10.5. The summed E-state index contributed by atoms with van der Waals surface area (Å²) in [7, 11) is 3.27. The maximum atomic E-state index is 13.1. The van der Waals surface area contributed by atoms with Crippen molar-refractivity contribution in [3.63, 3.8) is 0 Å². The van der Waals surface area contributed by atoms with Crippen LogP contribution in [0.4, 0.5) is 5.69 Å². The number of rotatable bonds is 4. The van der Waals surface area contributed by atoms with Gasteiger partial charge in [0.05, 0.1) is 21.6 Å². The number of anilines is 1. The summed E-state index contributed by atoms with van der Waals surface area (Å²) in [5.41, 5.74) is 1.45. The van der Waals surface area contributed by atoms with Crippen LogP contribution in [0.15, 0.2) is 52.3 Å². The van der Waals surface area contributed by atoms with Crippen LogP contribution in [-0.2, 0) is 7.05 Å². The number of hydrogen-bond acceptors (Lipinski definition) is 5. The highest BCUT2D eigenvalue weighted by Crippen LogP contribution is 2.25. The molecule has 0 saturated heterocycles. The maximum absolute atomic E-state index is 13.1. The standard InChI is InChI=1S/C21H19ClN4O3.C2H6/c1-4-12(11-23-2)19-24-15-6-5-7-16(18(15)21(29)26(19)3)25-20(28)13-8-9-17(27)14(22)10-13;1-2/h4-11,27H,1-3H3,(H,25,28);1-2H3/b12-4+,23-11?;. The van der Waals surface area contributed by atoms with Crippen molar-refractivity contribution in [1.82, 2.24) is 9.55 Å². The summed E-state index contributed by atoms with van der Waals surface area (Å²) in [4.78, 5) is 34.3. The number of phenols is 1. The fourth-order valence-corrected chi connectivity index (χ4v) is 3.10. The number of benzene rings is 2. The molecule has 2 aromatic carbocycles. The van der Waals surface area contributed by atoms with Crippen LogP contribution in [-0.4, -0.2) is 33.8 Å². The van der Waals surface area contributed by atoms with Gasteiger partial charge in [0.25, 0.3) is 11.5 Å². The largest absolute Gasteiger partial charge is 0.506 e. The van der Waals surface area contributed by atoms with Gasteiger partial charge in [-0.2, -0.15) is 0 Å². The zero-order chi connectivity index (χ0) is 23.1. The molecule has 1 amide bonds. The molecule has 0 saturated carbocycles. The number of nitrogens with zero attached hydrogens (tertiary/aromatic N) is 3. The van der Waals surface area contributed by atoms with E-state index in [1.54, 1.807) is 38.5 Å². The monoisotopic (exact) mass is 440 g/mol. The molecule has 3 aromatic rings. The predicted octanol–water partition coefficient (Wildman–Crippen LogP) is 4.67. The van der Waals surface area contributed by atoms with Crippen LogP contribution in [0.25, 0.3) is 16.5 Å². The van der Waals surface area contributed by atoms with Gasteiger partial charge in [0.15, 0.2) is 0 Å². The van der Waals surface area contributed by atoms with Crippen molar-refractivity contribution in [2.24, 2.45) is 12.0 Å². The smallest absolute Gasteiger partial charge is 0.263 e. The number of aromatic hydroxyl groups is 1. The highest BCUT2D eigenvalue weighted by Gasteiger charge is 2.16. The van der Waals surface area contributed by atoms with E-state index in [2.05, 4.69) is 15.3 Å². The summed E-state index contributed by atoms with van der Waals surface area (Å²) in [6, 6.07) is 9.19. The lowest BCUT2D eigenvalue weighted by Gasteiger charge is -2.13. The fraction of sp³-hybridized carbons (Fsp3) is 0.217. The average Bonchev–Trinajstić information content (AvgIpc) is 2.78. The molecule has 0 bridgehead atoms. The number of halogens is 1. The normalized spacial score (nSPS) is 11.4. The number of amides is 1. The molecule has 3 rings (SSSR count). The number of aliphatic imine (C=N–C) groups is 1. The van der Waals surface area contributed by atoms with Crippen molar-refractivity contribution in [2.75, 3.05) is 12.4 Å². The average molecular weight is 441 g/mol. The van der Waals surface area contributed by atoms with E-state index in [-0.39, 0.29) is 21.9 Å². The number of phenolic OH excluding ortho intramolecular Hbond substituents is 1. The molecule has 0 aliphatic heterocycles. The molecule has 0 atom stereocenters. The quantitative estimate of drug-likeness (QED) is 0.576. The summed E-state index contributed by atoms with van der Waals surface area (Å²) in [5.74, 6) is -0.100. The first-order valence-electron chi connectivity index (χ1n) is 9.75. The number of carbonyl (C=O) groups is 1. The Morgan fingerprint density at radius 3 is 2.58 bits per heavy atom. The third kappa shape index (κ3) is 5.00. The molecular weight excluding hydrogens is 416 g/mol. The SMILES string of the molecule is C/C=C(\C=NC)c1nc2cccc(NC(=O)c3ccc(O)c(Cl)c3)c2c(=O)n1C.CC. The fourth-order valence-electron chi connectivity index (χ4n) is 2.92. The molecule has 0 radical (unpaired) electrons. The van der Waals surface area contributed by atoms with Gasteiger partial charge in [-0.15, -0.1) is 0 Å². The summed E-state index contributed by atoms with van der Waals surface area (Å²) < 4.78 is 1.42. The lowest BCUT2D eigenvalue weighted by atomic mass is 10.1. The Balaban J connectivity index is 0.00000166. The highest BCUT2D eigenvalue weighted by atomic mass is 35.5. The minimum atomic E-state index is -0.460. The van der Waals surface area contributed by atoms with Crippen molar-refractivity contribution in [2.45, 2.75) is 20.8 Å². The molecule has 7 nitrogen and oxygen atoms in total. The molecule has 0 aliphatic carbocycles. The van der Waals surface area contributed by atoms with E-state index in [9.17, 15) is 14.7 Å². The Kier molecular flexibility index (Phi) is 8.10. The first kappa shape index (κ1) is 23.8. The number of aromatic nitrogens is 2. The molecule has 0 unspecified atom stereocenters. The molecular formula is C23H25ClN4O3. The van der Waals surface area contributed by atoms with Crippen molar-refractivity contribution < 1.29 is 9.90 Å². The molecule has 162 valence electrons. The predicted molar refractivity (Wildman–Crippen MR) is 127 cm³/mol. The van der Waals surface area contributed by atoms with Crippen LogP contribution in [0.5, 0.6) is 5.75 Å². The summed E-state index contributed by atoms with van der Waals surface area (Å²) >= 11 is 5.88. The molecule has 8 heteroatoms. The van der Waals surface area contributed by atoms with Gasteiger partial charge in [-0.3, -0.25) is 19.1 Å². The van der Waals surface area contributed by atoms with Crippen molar-refractivity contribution in [3.05, 3.63) is 69.2 Å². The van der Waals surface area contributed by atoms with Gasteiger partial charge in [0, 0.05) is 31.4 Å². The Hall–Kier alpha value is -3.45. The van der Waals surface area contributed by atoms with Gasteiger partial charge < -0.3 is 10.4 Å². The van der Waals surface area contributed by atoms with Crippen LogP contribution in [0, 0.1) is 0 Å². The number of hydrogen-bond donors (Lipinski definition) is 2. The van der Waals surface area contributed by atoms with E-state index in [0.717, 1.165) is 0 Å². The first-order chi connectivity index (χ1) is 14.9. The highest BCUT2D eigenvalue weighted by molar-refractivity contribution is 6.32. The van der Waals surface area contributed by atoms with Crippen molar-refractivity contribution in [1.29, 1.82) is 0 Å². The van der Waals surface area contributed by atoms with Crippen LogP contribution < -0.4 is 10.9 Å². The zero-order valence-electron chi connectivity index (χ0n) is 18.1. The number of carbonyl (C=O) groups excluding carboxylic acids is 1. The maximum Gasteiger partial charge on any atom is 0.263 e. The minimum absolute atomic E-state index is 0.0641. The summed E-state index contributed by atoms with van der Waals surface area (Å²) in [6.45, 7) is 5.84. The van der Waals surface area contributed by atoms with Gasteiger partial charge in [-0.05, 0) is 37.3 Å². The number of nitrogens with one attached hydrogen (secondary N) is 1. The molecule has 2 N–H and O–H groups in total. The first-order valence-corrected chi connectivity index (χ1v) is 10.1. The number of allylic oxidation sites excluding steroid dienone is 2. The van der Waals surface area contributed by atoms with Gasteiger partial charge in [-0.1, -0.05) is 37.6 Å². The van der Waals surface area contributed by atoms with Crippen LogP contribution >= 0.6 is 11.6 Å². The van der Waals surface area contributed by atoms with E-state index in [0.29, 0.717) is 28.0 Å². The minimum Gasteiger partial charge on any atom is -0.506 e. The van der Waals surface area contributed by atoms with E-state index in [4.69, 9.17) is 11.6 Å². The van der Waals surface area contributed by atoms with Gasteiger partial charge >= 0.3 is 0 Å². The topological polar surface area (TPSA) is 96.6 Å². The van der Waals surface area contributed by atoms with Gasteiger partial charge in [-0.25, -0.2) is 4.98 Å². The Bertz CT molecular complexity index is 1230. The van der Waals surface area contributed by atoms with Crippen LogP contribution in [0.3, 0.4) is 0 Å². The van der Waals surface area contributed by atoms with Crippen molar-refractivity contribution >= 4 is 45.9 Å². The second-order valence-electron chi connectivity index (χ2n) is 6.25. The number of fused-ring (bicyclic) bond motifs is 1. The van der Waals surface area contributed by atoms with E-state index in [1.165, 1.54) is 22.8 Å². The Labute approximate surface area is 185 Å². The summed E-state index contributed by atoms with van der Waals surface area (Å²) in [5, 5.41) is 12.6. The van der Waals surface area contributed by atoms with Crippen LogP contribution in [0.1, 0.15) is 37.0 Å². The van der Waals surface area contributed by atoms with Gasteiger partial charge in [0.1, 0.15) is 11.6 Å². The van der Waals surface area contributed by atoms with Gasteiger partial charge in [0.2, 0.25) is 0 Å². The molecule has 31 heavy (non-hydrogen) atoms. The van der Waals surface area contributed by atoms with Crippen LogP contribution in [0.2, 0.25) is 5.02 Å². The summed E-state index contributed by atoms with van der Waals surface area (Å²) in [6.07, 6.45) is 3.45. The molecule has 0 spiro atoms. The van der Waals surface area contributed by atoms with E-state index in [1.807, 2.05) is 26.8 Å². The Morgan fingerprint density at radius 1 is 1.26 bits per heavy atom. The third-order valence-corrected chi connectivity index (χ3v) is 4.70. The lowest BCUT2D eigenvalue weighted by molar-refractivity contribution is 0.102. The van der Waals surface area contributed by atoms with Crippen molar-refractivity contribution in [3.8, 4) is 5.75 Å². The second-order valence-corrected chi connectivity index (χ2v) is 6.66. The molecule has 1 aromatic heterocycles. The Morgan fingerprint density at radius 2 is 1.97 bits per heavy atom. The van der Waals surface area contributed by atoms with E-state index >= 15 is 0 Å². The molecule has 1 heterocycles.